The maximum atomic E-state index is 10.3. The summed E-state index contributed by atoms with van der Waals surface area (Å²) in [5, 5.41) is 8.49. The van der Waals surface area contributed by atoms with Crippen molar-refractivity contribution in [1.29, 1.82) is 0 Å². The normalized spacial score (nSPS) is 23.0. The first-order valence-electron chi connectivity index (χ1n) is 9.87. The average molecular weight is 373 g/mol. The summed E-state index contributed by atoms with van der Waals surface area (Å²) < 4.78 is 4.57. The van der Waals surface area contributed by atoms with Crippen molar-refractivity contribution >= 4 is 12.1 Å². The highest BCUT2D eigenvalue weighted by atomic mass is 16.5. The van der Waals surface area contributed by atoms with Gasteiger partial charge >= 0.3 is 12.1 Å². The zero-order valence-electron chi connectivity index (χ0n) is 15.9. The zero-order valence-corrected chi connectivity index (χ0v) is 15.9. The molecule has 2 saturated carbocycles. The van der Waals surface area contributed by atoms with E-state index in [1.807, 2.05) is 30.3 Å². The zero-order chi connectivity index (χ0) is 19.5. The molecule has 0 spiro atoms. The van der Waals surface area contributed by atoms with Gasteiger partial charge in [-0.05, 0) is 61.8 Å². The molecule has 5 heteroatoms. The number of aliphatic carboxylic acids is 1. The third-order valence-electron chi connectivity index (χ3n) is 5.48. The smallest absolute Gasteiger partial charge is 0.404 e. The van der Waals surface area contributed by atoms with Crippen LogP contribution in [0.3, 0.4) is 0 Å². The Bertz CT molecular complexity index is 614. The number of carboxylic acid groups (broad SMARTS) is 1. The van der Waals surface area contributed by atoms with Gasteiger partial charge in [0, 0.05) is 6.42 Å². The van der Waals surface area contributed by atoms with Gasteiger partial charge in [0.15, 0.2) is 0 Å². The highest BCUT2D eigenvalue weighted by Gasteiger charge is 2.38. The summed E-state index contributed by atoms with van der Waals surface area (Å²) >= 11 is 0. The standard InChI is InChI=1S/C14H22O2.C8H9NO2/c15-14(16)6-4-2-1-3-5-12-9-11-7-8-13(12)10-11;9-8(10)11-6-7-4-2-1-3-5-7/h1,3,11-13H,2,4-10H2,(H,15,16);1-5H,6H2,(H2,9,10)/b3-1-;. The molecule has 3 unspecified atom stereocenters. The van der Waals surface area contributed by atoms with Crippen molar-refractivity contribution < 1.29 is 19.4 Å². The fourth-order valence-electron chi connectivity index (χ4n) is 4.15. The highest BCUT2D eigenvalue weighted by Crippen LogP contribution is 2.49. The summed E-state index contributed by atoms with van der Waals surface area (Å²) in [5.74, 6) is 2.31. The number of hydrogen-bond donors (Lipinski definition) is 2. The molecule has 0 radical (unpaired) electrons. The maximum absolute atomic E-state index is 10.3. The molecule has 1 amide bonds. The van der Waals surface area contributed by atoms with Gasteiger partial charge in [-0.2, -0.15) is 0 Å². The molecule has 1 aromatic rings. The lowest BCUT2D eigenvalue weighted by Crippen LogP contribution is -2.12. The van der Waals surface area contributed by atoms with Crippen molar-refractivity contribution in [1.82, 2.24) is 0 Å². The van der Waals surface area contributed by atoms with E-state index in [1.54, 1.807) is 0 Å². The number of primary amides is 1. The van der Waals surface area contributed by atoms with E-state index in [-0.39, 0.29) is 6.61 Å². The monoisotopic (exact) mass is 373 g/mol. The van der Waals surface area contributed by atoms with E-state index in [0.717, 1.165) is 36.2 Å². The minimum Gasteiger partial charge on any atom is -0.481 e. The van der Waals surface area contributed by atoms with Gasteiger partial charge in [-0.3, -0.25) is 4.79 Å². The van der Waals surface area contributed by atoms with Crippen LogP contribution >= 0.6 is 0 Å². The van der Waals surface area contributed by atoms with Gasteiger partial charge in [-0.1, -0.05) is 48.9 Å². The van der Waals surface area contributed by atoms with Crippen molar-refractivity contribution in [2.45, 2.75) is 58.0 Å². The molecule has 0 saturated heterocycles. The number of nitrogens with two attached hydrogens (primary N) is 1. The van der Waals surface area contributed by atoms with Crippen LogP contribution in [0.1, 0.15) is 56.9 Å². The molecule has 5 nitrogen and oxygen atoms in total. The van der Waals surface area contributed by atoms with Crippen molar-refractivity contribution in [3.63, 3.8) is 0 Å². The Morgan fingerprint density at radius 2 is 1.93 bits per heavy atom. The summed E-state index contributed by atoms with van der Waals surface area (Å²) in [6.45, 7) is 0.246. The van der Waals surface area contributed by atoms with Gasteiger partial charge in [0.25, 0.3) is 0 Å². The summed E-state index contributed by atoms with van der Waals surface area (Å²) in [5.41, 5.74) is 5.72. The lowest BCUT2D eigenvalue weighted by Gasteiger charge is -2.19. The van der Waals surface area contributed by atoms with Gasteiger partial charge in [-0.15, -0.1) is 0 Å². The number of amides is 1. The Morgan fingerprint density at radius 1 is 1.15 bits per heavy atom. The van der Waals surface area contributed by atoms with E-state index in [4.69, 9.17) is 10.8 Å². The Balaban J connectivity index is 0.000000208. The molecule has 1 aromatic carbocycles. The van der Waals surface area contributed by atoms with Crippen LogP contribution < -0.4 is 5.73 Å². The van der Waals surface area contributed by atoms with E-state index in [2.05, 4.69) is 16.9 Å². The maximum Gasteiger partial charge on any atom is 0.404 e. The summed E-state index contributed by atoms with van der Waals surface area (Å²) in [7, 11) is 0. The van der Waals surface area contributed by atoms with Crippen molar-refractivity contribution in [3.05, 3.63) is 48.0 Å². The topological polar surface area (TPSA) is 89.6 Å². The van der Waals surface area contributed by atoms with Crippen LogP contribution in [0.4, 0.5) is 4.79 Å². The first-order valence-corrected chi connectivity index (χ1v) is 9.87. The molecule has 2 fully saturated rings. The number of ether oxygens (including phenoxy) is 1. The molecule has 2 aliphatic carbocycles. The number of carbonyl (C=O) groups is 2. The molecule has 3 N–H and O–H groups in total. The lowest BCUT2D eigenvalue weighted by atomic mass is 9.86. The fraction of sp³-hybridized carbons (Fsp3) is 0.545. The molecular weight excluding hydrogens is 342 g/mol. The number of hydrogen-bond acceptors (Lipinski definition) is 3. The van der Waals surface area contributed by atoms with Gasteiger partial charge < -0.3 is 15.6 Å². The highest BCUT2D eigenvalue weighted by molar-refractivity contribution is 5.66. The van der Waals surface area contributed by atoms with Crippen LogP contribution in [0.5, 0.6) is 0 Å². The predicted molar refractivity (Wildman–Crippen MR) is 105 cm³/mol. The number of fused-ring (bicyclic) bond motifs is 2. The minimum absolute atomic E-state index is 0.246. The van der Waals surface area contributed by atoms with Crippen LogP contribution in [0.25, 0.3) is 0 Å². The minimum atomic E-state index is -0.742. The van der Waals surface area contributed by atoms with Crippen LogP contribution in [0.2, 0.25) is 0 Å². The molecule has 0 aromatic heterocycles. The largest absolute Gasteiger partial charge is 0.481 e. The van der Waals surface area contributed by atoms with Crippen molar-refractivity contribution in [3.8, 4) is 0 Å². The first-order chi connectivity index (χ1) is 13.0. The second kappa shape index (κ2) is 11.4. The molecule has 0 aliphatic heterocycles. The third kappa shape index (κ3) is 8.29. The molecule has 2 bridgehead atoms. The Kier molecular flexibility index (Phi) is 8.89. The average Bonchev–Trinajstić information content (AvgIpc) is 3.27. The number of rotatable bonds is 8. The van der Waals surface area contributed by atoms with E-state index >= 15 is 0 Å². The third-order valence-corrected chi connectivity index (χ3v) is 5.48. The molecule has 2 aliphatic rings. The molecule has 3 atom stereocenters. The number of allylic oxidation sites excluding steroid dienone is 2. The van der Waals surface area contributed by atoms with E-state index in [1.165, 1.54) is 32.1 Å². The van der Waals surface area contributed by atoms with Gasteiger partial charge in [-0.25, -0.2) is 4.79 Å². The first kappa shape index (κ1) is 21.0. The SMILES string of the molecule is NC(=O)OCc1ccccc1.O=C(O)CCC/C=C\CC1CC2CCC1C2. The molecule has 0 heterocycles. The molecule has 27 heavy (non-hydrogen) atoms. The van der Waals surface area contributed by atoms with Crippen molar-refractivity contribution in [2.75, 3.05) is 0 Å². The summed E-state index contributed by atoms with van der Waals surface area (Å²) in [6.07, 6.45) is 12.8. The fourth-order valence-corrected chi connectivity index (χ4v) is 4.15. The van der Waals surface area contributed by atoms with Crippen LogP contribution in [0, 0.1) is 17.8 Å². The summed E-state index contributed by atoms with van der Waals surface area (Å²) in [6, 6.07) is 9.37. The lowest BCUT2D eigenvalue weighted by molar-refractivity contribution is -0.137. The van der Waals surface area contributed by atoms with Crippen LogP contribution in [-0.4, -0.2) is 17.2 Å². The van der Waals surface area contributed by atoms with E-state index in [0.29, 0.717) is 6.42 Å². The van der Waals surface area contributed by atoms with Gasteiger partial charge in [0.1, 0.15) is 6.61 Å². The second-order valence-corrected chi connectivity index (χ2v) is 7.52. The number of benzene rings is 1. The number of unbranched alkanes of at least 4 members (excludes halogenated alkanes) is 1. The van der Waals surface area contributed by atoms with Gasteiger partial charge in [0.05, 0.1) is 0 Å². The number of carbonyl (C=O) groups excluding carboxylic acids is 1. The van der Waals surface area contributed by atoms with E-state index in [9.17, 15) is 9.59 Å². The molecule has 148 valence electrons. The molecule has 3 rings (SSSR count). The van der Waals surface area contributed by atoms with Gasteiger partial charge in [0.2, 0.25) is 0 Å². The second-order valence-electron chi connectivity index (χ2n) is 7.52. The number of carboxylic acids is 1. The Morgan fingerprint density at radius 3 is 2.52 bits per heavy atom. The van der Waals surface area contributed by atoms with Crippen LogP contribution in [-0.2, 0) is 16.1 Å². The quantitative estimate of drug-likeness (QED) is 0.501. The van der Waals surface area contributed by atoms with E-state index < -0.39 is 12.1 Å². The summed E-state index contributed by atoms with van der Waals surface area (Å²) in [4.78, 5) is 20.5. The predicted octanol–water partition coefficient (Wildman–Crippen LogP) is 4.91. The Hall–Kier alpha value is -2.30. The molecular formula is C22H31NO4. The van der Waals surface area contributed by atoms with Crippen molar-refractivity contribution in [2.24, 2.45) is 23.5 Å². The van der Waals surface area contributed by atoms with Crippen LogP contribution in [0.15, 0.2) is 42.5 Å². The Labute approximate surface area is 161 Å².